The summed E-state index contributed by atoms with van der Waals surface area (Å²) >= 11 is 1.74. The molecule has 2 nitrogen and oxygen atoms in total. The minimum Gasteiger partial charge on any atom is -0.508 e. The molecule has 0 amide bonds. The fraction of sp³-hybridized carbons (Fsp3) is 0.368. The Morgan fingerprint density at radius 1 is 1.32 bits per heavy atom. The van der Waals surface area contributed by atoms with Gasteiger partial charge in [0.15, 0.2) is 0 Å². The third-order valence-corrected chi connectivity index (χ3v) is 5.82. The van der Waals surface area contributed by atoms with Crippen LogP contribution in [0.3, 0.4) is 0 Å². The smallest absolute Gasteiger partial charge is 0.117 e. The Kier molecular flexibility index (Phi) is 3.87. The first-order valence-electron chi connectivity index (χ1n) is 7.65. The van der Waals surface area contributed by atoms with Crippen LogP contribution in [0, 0.1) is 5.41 Å². The number of rotatable bonds is 3. The van der Waals surface area contributed by atoms with Crippen molar-refractivity contribution >= 4 is 17.1 Å². The predicted octanol–water partition coefficient (Wildman–Crippen LogP) is 4.95. The quantitative estimate of drug-likeness (QED) is 0.787. The summed E-state index contributed by atoms with van der Waals surface area (Å²) in [6.07, 6.45) is 3.18. The van der Waals surface area contributed by atoms with E-state index in [1.54, 1.807) is 11.3 Å². The van der Waals surface area contributed by atoms with Gasteiger partial charge in [0.2, 0.25) is 0 Å². The van der Waals surface area contributed by atoms with E-state index in [-0.39, 0.29) is 17.8 Å². The molecular formula is C19H22O2S. The van der Waals surface area contributed by atoms with Gasteiger partial charge in [-0.2, -0.15) is 0 Å². The predicted molar refractivity (Wildman–Crippen MR) is 93.1 cm³/mol. The van der Waals surface area contributed by atoms with E-state index in [0.29, 0.717) is 0 Å². The Morgan fingerprint density at radius 2 is 2.05 bits per heavy atom. The molecule has 0 spiro atoms. The zero-order valence-electron chi connectivity index (χ0n) is 13.1. The maximum absolute atomic E-state index is 10.2. The molecule has 1 aromatic heterocycles. The van der Waals surface area contributed by atoms with Gasteiger partial charge >= 0.3 is 0 Å². The van der Waals surface area contributed by atoms with Crippen molar-refractivity contribution in [3.63, 3.8) is 0 Å². The second kappa shape index (κ2) is 5.56. The molecule has 0 saturated carbocycles. The van der Waals surface area contributed by atoms with Crippen molar-refractivity contribution in [3.8, 4) is 10.4 Å². The summed E-state index contributed by atoms with van der Waals surface area (Å²) < 4.78 is 0. The number of hydrogen-bond acceptors (Lipinski definition) is 3. The summed E-state index contributed by atoms with van der Waals surface area (Å²) in [7, 11) is 0. The Bertz CT molecular complexity index is 725. The first kappa shape index (κ1) is 15.3. The Morgan fingerprint density at radius 3 is 2.73 bits per heavy atom. The van der Waals surface area contributed by atoms with Crippen molar-refractivity contribution in [1.82, 2.24) is 0 Å². The van der Waals surface area contributed by atoms with Gasteiger partial charge in [-0.3, -0.25) is 0 Å². The van der Waals surface area contributed by atoms with Gasteiger partial charge in [0.1, 0.15) is 5.76 Å². The second-order valence-corrected chi connectivity index (χ2v) is 7.92. The van der Waals surface area contributed by atoms with Gasteiger partial charge in [-0.05, 0) is 41.4 Å². The van der Waals surface area contributed by atoms with Gasteiger partial charge in [-0.25, -0.2) is 0 Å². The van der Waals surface area contributed by atoms with E-state index in [1.165, 1.54) is 16.9 Å². The van der Waals surface area contributed by atoms with Crippen LogP contribution in [-0.4, -0.2) is 10.2 Å². The van der Waals surface area contributed by atoms with Gasteiger partial charge in [0.25, 0.3) is 0 Å². The van der Waals surface area contributed by atoms with Gasteiger partial charge in [0.05, 0.1) is 6.61 Å². The normalized spacial score (nSPS) is 16.3. The molecule has 116 valence electrons. The van der Waals surface area contributed by atoms with E-state index in [2.05, 4.69) is 20.4 Å². The molecule has 0 radical (unpaired) electrons. The van der Waals surface area contributed by atoms with E-state index in [0.717, 1.165) is 34.4 Å². The molecule has 0 unspecified atom stereocenters. The summed E-state index contributed by atoms with van der Waals surface area (Å²) in [5, 5.41) is 19.8. The lowest BCUT2D eigenvalue weighted by Crippen LogP contribution is -2.21. The van der Waals surface area contributed by atoms with E-state index in [4.69, 9.17) is 0 Å². The molecule has 2 aromatic rings. The Balaban J connectivity index is 2.21. The molecule has 1 aliphatic rings. The minimum atomic E-state index is 0.00157. The van der Waals surface area contributed by atoms with E-state index in [9.17, 15) is 10.2 Å². The monoisotopic (exact) mass is 314 g/mol. The third kappa shape index (κ3) is 2.59. The molecule has 3 rings (SSSR count). The molecule has 0 bridgehead atoms. The van der Waals surface area contributed by atoms with Crippen LogP contribution in [0.1, 0.15) is 41.8 Å². The average Bonchev–Trinajstić information content (AvgIpc) is 2.84. The standard InChI is InChI=1S/C19H22O2S/c1-12(21)17-15-10-19(2,3)9-8-16(15)22-18(17)14-7-5-4-6-13(14)11-20/h4-7,20-21H,1,8-11H2,2-3H3. The summed E-state index contributed by atoms with van der Waals surface area (Å²) in [6.45, 7) is 8.35. The minimum absolute atomic E-state index is 0.00157. The highest BCUT2D eigenvalue weighted by Gasteiger charge is 2.31. The molecule has 0 saturated heterocycles. The Labute approximate surface area is 135 Å². The molecule has 1 aliphatic carbocycles. The summed E-state index contributed by atoms with van der Waals surface area (Å²) in [5.74, 6) is 0.137. The average molecular weight is 314 g/mol. The lowest BCUT2D eigenvalue weighted by atomic mass is 9.75. The summed E-state index contributed by atoms with van der Waals surface area (Å²) in [4.78, 5) is 2.40. The summed E-state index contributed by atoms with van der Waals surface area (Å²) in [5.41, 5.74) is 4.28. The third-order valence-electron chi connectivity index (χ3n) is 4.50. The van der Waals surface area contributed by atoms with Crippen LogP contribution in [0.15, 0.2) is 30.8 Å². The van der Waals surface area contributed by atoms with Crippen molar-refractivity contribution < 1.29 is 10.2 Å². The largest absolute Gasteiger partial charge is 0.508 e. The first-order valence-corrected chi connectivity index (χ1v) is 8.46. The van der Waals surface area contributed by atoms with E-state index >= 15 is 0 Å². The van der Waals surface area contributed by atoms with Crippen LogP contribution in [0.25, 0.3) is 16.2 Å². The SMILES string of the molecule is C=C(O)c1c(-c2ccccc2CO)sc2c1CC(C)(C)CC2. The van der Waals surface area contributed by atoms with Crippen LogP contribution in [0.4, 0.5) is 0 Å². The number of fused-ring (bicyclic) bond motifs is 1. The van der Waals surface area contributed by atoms with Gasteiger partial charge in [-0.1, -0.05) is 44.7 Å². The van der Waals surface area contributed by atoms with Gasteiger partial charge in [0, 0.05) is 15.3 Å². The highest BCUT2D eigenvalue weighted by molar-refractivity contribution is 7.16. The van der Waals surface area contributed by atoms with Crippen molar-refractivity contribution in [3.05, 3.63) is 52.4 Å². The van der Waals surface area contributed by atoms with Crippen LogP contribution in [-0.2, 0) is 19.4 Å². The number of aliphatic hydroxyl groups is 2. The van der Waals surface area contributed by atoms with Gasteiger partial charge in [-0.15, -0.1) is 11.3 Å². The Hall–Kier alpha value is -1.58. The van der Waals surface area contributed by atoms with Crippen LogP contribution in [0.5, 0.6) is 0 Å². The molecule has 22 heavy (non-hydrogen) atoms. The highest BCUT2D eigenvalue weighted by Crippen LogP contribution is 2.47. The van der Waals surface area contributed by atoms with Crippen LogP contribution >= 0.6 is 11.3 Å². The molecule has 2 N–H and O–H groups in total. The number of hydrogen-bond donors (Lipinski definition) is 2. The fourth-order valence-electron chi connectivity index (χ4n) is 3.29. The van der Waals surface area contributed by atoms with Crippen molar-refractivity contribution in [2.75, 3.05) is 0 Å². The number of aliphatic hydroxyl groups excluding tert-OH is 2. The van der Waals surface area contributed by atoms with E-state index < -0.39 is 0 Å². The maximum Gasteiger partial charge on any atom is 0.117 e. The lowest BCUT2D eigenvalue weighted by molar-refractivity contribution is 0.282. The fourth-order valence-corrected chi connectivity index (χ4v) is 4.69. The zero-order chi connectivity index (χ0) is 15.9. The van der Waals surface area contributed by atoms with Crippen molar-refractivity contribution in [2.24, 2.45) is 5.41 Å². The zero-order valence-corrected chi connectivity index (χ0v) is 14.0. The van der Waals surface area contributed by atoms with Crippen molar-refractivity contribution in [2.45, 2.75) is 39.7 Å². The molecule has 3 heteroatoms. The molecule has 0 fully saturated rings. The highest BCUT2D eigenvalue weighted by atomic mass is 32.1. The number of aryl methyl sites for hydroxylation is 1. The van der Waals surface area contributed by atoms with Gasteiger partial charge < -0.3 is 10.2 Å². The lowest BCUT2D eigenvalue weighted by Gasteiger charge is -2.30. The molecule has 1 aromatic carbocycles. The topological polar surface area (TPSA) is 40.5 Å². The van der Waals surface area contributed by atoms with Crippen LogP contribution in [0.2, 0.25) is 0 Å². The van der Waals surface area contributed by atoms with E-state index in [1.807, 2.05) is 24.3 Å². The molecule has 0 atom stereocenters. The summed E-state index contributed by atoms with van der Waals surface area (Å²) in [6, 6.07) is 7.85. The molecular weight excluding hydrogens is 292 g/mol. The second-order valence-electron chi connectivity index (χ2n) is 6.81. The van der Waals surface area contributed by atoms with Crippen LogP contribution < -0.4 is 0 Å². The molecule has 0 aliphatic heterocycles. The number of thiophene rings is 1. The maximum atomic E-state index is 10.2. The van der Waals surface area contributed by atoms with Crippen molar-refractivity contribution in [1.29, 1.82) is 0 Å². The first-order chi connectivity index (χ1) is 10.4. The number of benzene rings is 1. The molecule has 1 heterocycles.